The van der Waals surface area contributed by atoms with Gasteiger partial charge in [-0.15, -0.1) is 0 Å². The smallest absolute Gasteiger partial charge is 0.328 e. The fraction of sp³-hybridized carbons (Fsp3) is 0.556. The standard InChI is InChI=1S/C18H25NO6/c1-4-7-8-13-24-16(20)18(5-2,6-3)17(21)25-15-11-9-14(10-12-15)19(22)23/h9-12H,4-8,13H2,1-3H3. The summed E-state index contributed by atoms with van der Waals surface area (Å²) in [7, 11) is 0. The summed E-state index contributed by atoms with van der Waals surface area (Å²) in [5.41, 5.74) is -1.47. The van der Waals surface area contributed by atoms with Gasteiger partial charge in [-0.1, -0.05) is 33.6 Å². The van der Waals surface area contributed by atoms with E-state index >= 15 is 0 Å². The van der Waals surface area contributed by atoms with Crippen LogP contribution in [-0.2, 0) is 14.3 Å². The largest absolute Gasteiger partial charge is 0.465 e. The molecule has 0 spiro atoms. The molecule has 25 heavy (non-hydrogen) atoms. The Morgan fingerprint density at radius 1 is 1.04 bits per heavy atom. The summed E-state index contributed by atoms with van der Waals surface area (Å²) >= 11 is 0. The van der Waals surface area contributed by atoms with Crippen molar-refractivity contribution in [3.05, 3.63) is 34.4 Å². The number of hydrogen-bond donors (Lipinski definition) is 0. The van der Waals surface area contributed by atoms with Crippen LogP contribution in [0, 0.1) is 15.5 Å². The van der Waals surface area contributed by atoms with Crippen molar-refractivity contribution >= 4 is 17.6 Å². The zero-order valence-electron chi connectivity index (χ0n) is 14.9. The van der Waals surface area contributed by atoms with Gasteiger partial charge < -0.3 is 9.47 Å². The van der Waals surface area contributed by atoms with Crippen molar-refractivity contribution < 1.29 is 24.0 Å². The van der Waals surface area contributed by atoms with Crippen LogP contribution in [0.1, 0.15) is 52.9 Å². The van der Waals surface area contributed by atoms with E-state index in [1.807, 2.05) is 6.92 Å². The molecule has 1 aromatic rings. The van der Waals surface area contributed by atoms with Gasteiger partial charge in [0, 0.05) is 12.1 Å². The van der Waals surface area contributed by atoms with Gasteiger partial charge in [0.2, 0.25) is 0 Å². The monoisotopic (exact) mass is 351 g/mol. The Morgan fingerprint density at radius 2 is 1.64 bits per heavy atom. The number of carbonyl (C=O) groups is 2. The molecule has 1 rings (SSSR count). The highest BCUT2D eigenvalue weighted by molar-refractivity contribution is 6.00. The van der Waals surface area contributed by atoms with Crippen LogP contribution in [0.25, 0.3) is 0 Å². The molecular weight excluding hydrogens is 326 g/mol. The quantitative estimate of drug-likeness (QED) is 0.158. The summed E-state index contributed by atoms with van der Waals surface area (Å²) in [5, 5.41) is 10.7. The highest BCUT2D eigenvalue weighted by atomic mass is 16.6. The predicted molar refractivity (Wildman–Crippen MR) is 92.2 cm³/mol. The Hall–Kier alpha value is -2.44. The Bertz CT molecular complexity index is 592. The number of nitro benzene ring substituents is 1. The zero-order chi connectivity index (χ0) is 18.9. The number of unbranched alkanes of at least 4 members (excludes halogenated alkanes) is 2. The minimum absolute atomic E-state index is 0.104. The van der Waals surface area contributed by atoms with Crippen LogP contribution >= 0.6 is 0 Å². The Labute approximate surface area is 147 Å². The molecule has 0 bridgehead atoms. The maximum atomic E-state index is 12.6. The Balaban J connectivity index is 2.83. The molecular formula is C18H25NO6. The topological polar surface area (TPSA) is 95.7 Å². The number of benzene rings is 1. The summed E-state index contributed by atoms with van der Waals surface area (Å²) in [6, 6.07) is 5.15. The van der Waals surface area contributed by atoms with Crippen LogP contribution in [0.2, 0.25) is 0 Å². The fourth-order valence-electron chi connectivity index (χ4n) is 2.41. The van der Waals surface area contributed by atoms with Gasteiger partial charge in [0.1, 0.15) is 5.75 Å². The van der Waals surface area contributed by atoms with Gasteiger partial charge >= 0.3 is 11.9 Å². The number of ether oxygens (including phenoxy) is 2. The van der Waals surface area contributed by atoms with E-state index in [-0.39, 0.29) is 30.9 Å². The lowest BCUT2D eigenvalue weighted by atomic mass is 9.82. The minimum Gasteiger partial charge on any atom is -0.465 e. The molecule has 7 nitrogen and oxygen atoms in total. The third kappa shape index (κ3) is 5.27. The average Bonchev–Trinajstić information content (AvgIpc) is 2.60. The lowest BCUT2D eigenvalue weighted by molar-refractivity contribution is -0.384. The normalized spacial score (nSPS) is 11.0. The molecule has 0 fully saturated rings. The zero-order valence-corrected chi connectivity index (χ0v) is 14.9. The summed E-state index contributed by atoms with van der Waals surface area (Å²) in [5.74, 6) is -1.13. The van der Waals surface area contributed by atoms with E-state index in [0.29, 0.717) is 0 Å². The lowest BCUT2D eigenvalue weighted by Gasteiger charge is -2.26. The molecule has 0 aromatic heterocycles. The van der Waals surface area contributed by atoms with Crippen molar-refractivity contribution in [2.75, 3.05) is 6.61 Å². The van der Waals surface area contributed by atoms with Crippen molar-refractivity contribution in [3.63, 3.8) is 0 Å². The Morgan fingerprint density at radius 3 is 2.12 bits per heavy atom. The van der Waals surface area contributed by atoms with E-state index in [1.165, 1.54) is 24.3 Å². The van der Waals surface area contributed by atoms with Crippen molar-refractivity contribution in [2.24, 2.45) is 5.41 Å². The second-order valence-corrected chi connectivity index (χ2v) is 5.77. The van der Waals surface area contributed by atoms with E-state index in [0.717, 1.165) is 19.3 Å². The number of hydrogen-bond acceptors (Lipinski definition) is 6. The van der Waals surface area contributed by atoms with E-state index in [2.05, 4.69) is 0 Å². The SMILES string of the molecule is CCCCCOC(=O)C(CC)(CC)C(=O)Oc1ccc([N+](=O)[O-])cc1. The van der Waals surface area contributed by atoms with Crippen LogP contribution in [-0.4, -0.2) is 23.5 Å². The highest BCUT2D eigenvalue weighted by Crippen LogP contribution is 2.31. The number of nitrogens with zero attached hydrogens (tertiary/aromatic N) is 1. The molecule has 7 heteroatoms. The van der Waals surface area contributed by atoms with Crippen molar-refractivity contribution in [1.29, 1.82) is 0 Å². The summed E-state index contributed by atoms with van der Waals surface area (Å²) in [6.07, 6.45) is 3.21. The number of carbonyl (C=O) groups excluding carboxylic acids is 2. The molecule has 0 aliphatic carbocycles. The number of non-ortho nitro benzene ring substituents is 1. The molecule has 0 radical (unpaired) electrons. The van der Waals surface area contributed by atoms with Crippen LogP contribution < -0.4 is 4.74 Å². The van der Waals surface area contributed by atoms with Crippen LogP contribution in [0.15, 0.2) is 24.3 Å². The third-order valence-corrected chi connectivity index (χ3v) is 4.23. The van der Waals surface area contributed by atoms with Gasteiger partial charge in [0.25, 0.3) is 5.69 Å². The molecule has 0 aliphatic rings. The second kappa shape index (κ2) is 9.76. The van der Waals surface area contributed by atoms with Crippen LogP contribution in [0.3, 0.4) is 0 Å². The first-order valence-electron chi connectivity index (χ1n) is 8.55. The van der Waals surface area contributed by atoms with Crippen molar-refractivity contribution in [3.8, 4) is 5.75 Å². The molecule has 0 N–H and O–H groups in total. The number of nitro groups is 1. The second-order valence-electron chi connectivity index (χ2n) is 5.77. The first-order chi connectivity index (χ1) is 11.9. The average molecular weight is 351 g/mol. The van der Waals surface area contributed by atoms with E-state index in [4.69, 9.17) is 9.47 Å². The van der Waals surface area contributed by atoms with E-state index < -0.39 is 22.3 Å². The first-order valence-corrected chi connectivity index (χ1v) is 8.55. The molecule has 138 valence electrons. The molecule has 0 amide bonds. The van der Waals surface area contributed by atoms with Crippen molar-refractivity contribution in [2.45, 2.75) is 52.9 Å². The fourth-order valence-corrected chi connectivity index (χ4v) is 2.41. The highest BCUT2D eigenvalue weighted by Gasteiger charge is 2.46. The maximum absolute atomic E-state index is 12.6. The molecule has 0 heterocycles. The van der Waals surface area contributed by atoms with Gasteiger partial charge in [-0.2, -0.15) is 0 Å². The molecule has 0 atom stereocenters. The minimum atomic E-state index is -1.37. The number of esters is 2. The van der Waals surface area contributed by atoms with E-state index in [1.54, 1.807) is 13.8 Å². The first kappa shape index (κ1) is 20.6. The van der Waals surface area contributed by atoms with Crippen LogP contribution in [0.4, 0.5) is 5.69 Å². The predicted octanol–water partition coefficient (Wildman–Crippen LogP) is 4.04. The Kier molecular flexibility index (Phi) is 8.04. The molecule has 1 aromatic carbocycles. The summed E-state index contributed by atoms with van der Waals surface area (Å²) in [4.78, 5) is 35.2. The van der Waals surface area contributed by atoms with Gasteiger partial charge in [-0.25, -0.2) is 0 Å². The van der Waals surface area contributed by atoms with Gasteiger partial charge in [0.05, 0.1) is 11.5 Å². The lowest BCUT2D eigenvalue weighted by Crippen LogP contribution is -2.42. The molecule has 0 saturated carbocycles. The molecule has 0 aliphatic heterocycles. The van der Waals surface area contributed by atoms with Gasteiger partial charge in [-0.3, -0.25) is 19.7 Å². The van der Waals surface area contributed by atoms with E-state index in [9.17, 15) is 19.7 Å². The molecule has 0 unspecified atom stereocenters. The van der Waals surface area contributed by atoms with Gasteiger partial charge in [0.15, 0.2) is 5.41 Å². The van der Waals surface area contributed by atoms with Gasteiger partial charge in [-0.05, 0) is 31.4 Å². The third-order valence-electron chi connectivity index (χ3n) is 4.23. The van der Waals surface area contributed by atoms with Crippen molar-refractivity contribution in [1.82, 2.24) is 0 Å². The maximum Gasteiger partial charge on any atom is 0.328 e. The molecule has 0 saturated heterocycles. The summed E-state index contributed by atoms with van der Waals surface area (Å²) < 4.78 is 10.6. The number of rotatable bonds is 10. The van der Waals surface area contributed by atoms with Crippen LogP contribution in [0.5, 0.6) is 5.75 Å². The summed E-state index contributed by atoms with van der Waals surface area (Å²) in [6.45, 7) is 5.78.